The van der Waals surface area contributed by atoms with Gasteiger partial charge in [-0.25, -0.2) is 0 Å². The van der Waals surface area contributed by atoms with Gasteiger partial charge in [-0.1, -0.05) is 19.1 Å². The second-order valence-corrected chi connectivity index (χ2v) is 6.70. The molecule has 0 spiro atoms. The Morgan fingerprint density at radius 3 is 2.35 bits per heavy atom. The molecule has 1 aromatic carbocycles. The zero-order valence-electron chi connectivity index (χ0n) is 14.5. The third kappa shape index (κ3) is 5.30. The van der Waals surface area contributed by atoms with E-state index in [4.69, 9.17) is 5.11 Å². The van der Waals surface area contributed by atoms with E-state index in [1.54, 1.807) is 0 Å². The van der Waals surface area contributed by atoms with Crippen molar-refractivity contribution < 1.29 is 9.90 Å². The van der Waals surface area contributed by atoms with Gasteiger partial charge in [-0.15, -0.1) is 0 Å². The molecule has 128 valence electrons. The summed E-state index contributed by atoms with van der Waals surface area (Å²) in [7, 11) is 2.16. The molecule has 0 bridgehead atoms. The Balaban J connectivity index is 1.87. The molecule has 1 aliphatic rings. The minimum Gasteiger partial charge on any atom is -0.396 e. The highest BCUT2D eigenvalue weighted by Gasteiger charge is 2.16. The van der Waals surface area contributed by atoms with Crippen molar-refractivity contribution in [3.05, 3.63) is 35.4 Å². The van der Waals surface area contributed by atoms with Gasteiger partial charge in [0.25, 0.3) is 5.91 Å². The van der Waals surface area contributed by atoms with E-state index in [2.05, 4.69) is 22.2 Å². The summed E-state index contributed by atoms with van der Waals surface area (Å²) in [4.78, 5) is 17.0. The Bertz CT molecular complexity index is 495. The summed E-state index contributed by atoms with van der Waals surface area (Å²) in [6, 6.07) is 7.80. The number of hydrogen-bond acceptors (Lipinski definition) is 4. The summed E-state index contributed by atoms with van der Waals surface area (Å²) < 4.78 is 0. The van der Waals surface area contributed by atoms with Crippen LogP contribution in [0.25, 0.3) is 0 Å². The smallest absolute Gasteiger partial charge is 0.251 e. The molecule has 1 saturated heterocycles. The summed E-state index contributed by atoms with van der Waals surface area (Å²) in [5, 5.41) is 12.1. The van der Waals surface area contributed by atoms with Crippen molar-refractivity contribution in [2.45, 2.75) is 26.4 Å². The molecule has 23 heavy (non-hydrogen) atoms. The van der Waals surface area contributed by atoms with Crippen molar-refractivity contribution in [3.8, 4) is 0 Å². The molecule has 5 nitrogen and oxygen atoms in total. The van der Waals surface area contributed by atoms with Crippen LogP contribution in [0.15, 0.2) is 24.3 Å². The molecule has 1 amide bonds. The van der Waals surface area contributed by atoms with E-state index in [1.807, 2.05) is 38.1 Å². The maximum atomic E-state index is 12.2. The van der Waals surface area contributed by atoms with E-state index in [0.29, 0.717) is 5.56 Å². The third-order valence-corrected chi connectivity index (χ3v) is 4.72. The molecule has 2 unspecified atom stereocenters. The zero-order valence-corrected chi connectivity index (χ0v) is 14.5. The van der Waals surface area contributed by atoms with Crippen LogP contribution in [-0.2, 0) is 6.54 Å². The molecule has 2 rings (SSSR count). The average molecular weight is 319 g/mol. The topological polar surface area (TPSA) is 55.8 Å². The Morgan fingerprint density at radius 2 is 1.78 bits per heavy atom. The zero-order chi connectivity index (χ0) is 16.8. The van der Waals surface area contributed by atoms with Crippen molar-refractivity contribution in [2.75, 3.05) is 39.8 Å². The third-order valence-electron chi connectivity index (χ3n) is 4.72. The summed E-state index contributed by atoms with van der Waals surface area (Å²) in [5.41, 5.74) is 1.91. The van der Waals surface area contributed by atoms with Gasteiger partial charge in [0.05, 0.1) is 0 Å². The number of nitrogens with zero attached hydrogens (tertiary/aromatic N) is 2. The minimum absolute atomic E-state index is 0.0440. The quantitative estimate of drug-likeness (QED) is 0.827. The number of nitrogens with one attached hydrogen (secondary N) is 1. The van der Waals surface area contributed by atoms with Crippen LogP contribution >= 0.6 is 0 Å². The van der Waals surface area contributed by atoms with Crippen molar-refractivity contribution in [1.29, 1.82) is 0 Å². The van der Waals surface area contributed by atoms with E-state index >= 15 is 0 Å². The van der Waals surface area contributed by atoms with E-state index in [-0.39, 0.29) is 24.5 Å². The fourth-order valence-corrected chi connectivity index (χ4v) is 2.62. The summed E-state index contributed by atoms with van der Waals surface area (Å²) in [6.45, 7) is 9.26. The standard InChI is InChI=1S/C18H29N3O2/c1-14(13-22)15(2)19-18(23)17-6-4-16(5-7-17)12-21-10-8-20(3)9-11-21/h4-7,14-15,22H,8-13H2,1-3H3,(H,19,23). The molecular weight excluding hydrogens is 290 g/mol. The first-order valence-corrected chi connectivity index (χ1v) is 8.41. The maximum absolute atomic E-state index is 12.2. The lowest BCUT2D eigenvalue weighted by atomic mass is 10.0. The fraction of sp³-hybridized carbons (Fsp3) is 0.611. The predicted octanol–water partition coefficient (Wildman–Crippen LogP) is 1.18. The lowest BCUT2D eigenvalue weighted by Gasteiger charge is -2.32. The van der Waals surface area contributed by atoms with Crippen LogP contribution in [0.3, 0.4) is 0 Å². The molecule has 0 saturated carbocycles. The molecule has 0 radical (unpaired) electrons. The number of benzene rings is 1. The summed E-state index contributed by atoms with van der Waals surface area (Å²) in [5.74, 6) is -0.0283. The number of carbonyl (C=O) groups excluding carboxylic acids is 1. The molecule has 5 heteroatoms. The van der Waals surface area contributed by atoms with Crippen LogP contribution in [0.5, 0.6) is 0 Å². The molecule has 2 atom stereocenters. The molecule has 0 aromatic heterocycles. The number of hydrogen-bond donors (Lipinski definition) is 2. The number of aliphatic hydroxyl groups excluding tert-OH is 1. The number of carbonyl (C=O) groups is 1. The normalized spacial score (nSPS) is 19.3. The molecule has 1 heterocycles. The molecule has 1 aliphatic heterocycles. The number of amides is 1. The van der Waals surface area contributed by atoms with Crippen LogP contribution in [-0.4, -0.2) is 66.7 Å². The van der Waals surface area contributed by atoms with E-state index in [0.717, 1.165) is 32.7 Å². The number of piperazine rings is 1. The second kappa shape index (κ2) is 8.43. The lowest BCUT2D eigenvalue weighted by molar-refractivity contribution is 0.0916. The van der Waals surface area contributed by atoms with Gasteiger partial charge >= 0.3 is 0 Å². The molecular formula is C18H29N3O2. The first-order valence-electron chi connectivity index (χ1n) is 8.41. The Morgan fingerprint density at radius 1 is 1.17 bits per heavy atom. The summed E-state index contributed by atoms with van der Waals surface area (Å²) >= 11 is 0. The van der Waals surface area contributed by atoms with Crippen LogP contribution < -0.4 is 5.32 Å². The van der Waals surface area contributed by atoms with Gasteiger partial charge in [-0.05, 0) is 37.6 Å². The average Bonchev–Trinajstić information content (AvgIpc) is 2.56. The van der Waals surface area contributed by atoms with Gasteiger partial charge in [0.1, 0.15) is 0 Å². The Hall–Kier alpha value is -1.43. The van der Waals surface area contributed by atoms with Gasteiger partial charge in [0.2, 0.25) is 0 Å². The predicted molar refractivity (Wildman–Crippen MR) is 92.4 cm³/mol. The summed E-state index contributed by atoms with van der Waals surface area (Å²) in [6.07, 6.45) is 0. The SMILES string of the molecule is CC(CO)C(C)NC(=O)c1ccc(CN2CCN(C)CC2)cc1. The van der Waals surface area contributed by atoms with Crippen LogP contribution in [0.4, 0.5) is 0 Å². The highest BCUT2D eigenvalue weighted by atomic mass is 16.3. The maximum Gasteiger partial charge on any atom is 0.251 e. The van der Waals surface area contributed by atoms with Gasteiger partial charge in [-0.3, -0.25) is 9.69 Å². The second-order valence-electron chi connectivity index (χ2n) is 6.70. The van der Waals surface area contributed by atoms with E-state index in [1.165, 1.54) is 5.56 Å². The van der Waals surface area contributed by atoms with Gasteiger partial charge in [0.15, 0.2) is 0 Å². The molecule has 0 aliphatic carbocycles. The number of likely N-dealkylation sites (N-methyl/N-ethyl adjacent to an activating group) is 1. The van der Waals surface area contributed by atoms with Crippen molar-refractivity contribution >= 4 is 5.91 Å². The number of rotatable bonds is 6. The monoisotopic (exact) mass is 319 g/mol. The van der Waals surface area contributed by atoms with E-state index < -0.39 is 0 Å². The largest absolute Gasteiger partial charge is 0.396 e. The van der Waals surface area contributed by atoms with Crippen molar-refractivity contribution in [3.63, 3.8) is 0 Å². The van der Waals surface area contributed by atoms with Crippen molar-refractivity contribution in [1.82, 2.24) is 15.1 Å². The molecule has 1 aromatic rings. The Kier molecular flexibility index (Phi) is 6.57. The first-order chi connectivity index (χ1) is 11.0. The molecule has 2 N–H and O–H groups in total. The first kappa shape index (κ1) is 17.9. The lowest BCUT2D eigenvalue weighted by Crippen LogP contribution is -2.43. The van der Waals surface area contributed by atoms with Crippen LogP contribution in [0.1, 0.15) is 29.8 Å². The highest BCUT2D eigenvalue weighted by molar-refractivity contribution is 5.94. The van der Waals surface area contributed by atoms with Gasteiger partial charge in [0, 0.05) is 50.9 Å². The number of aliphatic hydroxyl groups is 1. The van der Waals surface area contributed by atoms with Crippen LogP contribution in [0, 0.1) is 5.92 Å². The molecule has 1 fully saturated rings. The van der Waals surface area contributed by atoms with Gasteiger partial charge < -0.3 is 15.3 Å². The van der Waals surface area contributed by atoms with Crippen LogP contribution in [0.2, 0.25) is 0 Å². The van der Waals surface area contributed by atoms with Crippen molar-refractivity contribution in [2.24, 2.45) is 5.92 Å². The fourth-order valence-electron chi connectivity index (χ4n) is 2.62. The minimum atomic E-state index is -0.0797. The van der Waals surface area contributed by atoms with Gasteiger partial charge in [-0.2, -0.15) is 0 Å². The highest BCUT2D eigenvalue weighted by Crippen LogP contribution is 2.10. The van der Waals surface area contributed by atoms with E-state index in [9.17, 15) is 4.79 Å². The Labute approximate surface area is 139 Å².